The zero-order chi connectivity index (χ0) is 19.0. The van der Waals surface area contributed by atoms with Crippen molar-refractivity contribution in [2.24, 2.45) is 0 Å². The minimum atomic E-state index is -1.49. The molecule has 0 bridgehead atoms. The second kappa shape index (κ2) is 6.63. The minimum absolute atomic E-state index is 0.295. The molecule has 0 aliphatic rings. The molecule has 136 valence electrons. The van der Waals surface area contributed by atoms with Crippen molar-refractivity contribution in [3.05, 3.63) is 101 Å². The molecule has 1 aromatic heterocycles. The third-order valence-electron chi connectivity index (χ3n) is 5.06. The van der Waals surface area contributed by atoms with Crippen LogP contribution in [0.5, 0.6) is 0 Å². The average Bonchev–Trinajstić information content (AvgIpc) is 3.11. The molecule has 0 saturated carbocycles. The second-order valence-corrected chi connectivity index (χ2v) is 6.69. The Morgan fingerprint density at radius 2 is 1.48 bits per heavy atom. The molecule has 0 aliphatic carbocycles. The summed E-state index contributed by atoms with van der Waals surface area (Å²) in [6, 6.07) is 22.3. The van der Waals surface area contributed by atoms with E-state index in [9.17, 15) is 9.50 Å². The number of rotatable bonds is 4. The topological polar surface area (TPSA) is 38.0 Å². The third-order valence-corrected chi connectivity index (χ3v) is 5.06. The van der Waals surface area contributed by atoms with Crippen molar-refractivity contribution in [3.8, 4) is 0 Å². The molecular weight excluding hydrogens is 339 g/mol. The van der Waals surface area contributed by atoms with Gasteiger partial charge in [0, 0.05) is 6.54 Å². The van der Waals surface area contributed by atoms with Crippen LogP contribution >= 0.6 is 0 Å². The molecule has 4 heteroatoms. The summed E-state index contributed by atoms with van der Waals surface area (Å²) < 4.78 is 16.7. The van der Waals surface area contributed by atoms with Gasteiger partial charge in [0.15, 0.2) is 17.2 Å². The Hall–Kier alpha value is -2.98. The highest BCUT2D eigenvalue weighted by molar-refractivity contribution is 5.78. The van der Waals surface area contributed by atoms with Gasteiger partial charge < -0.3 is 9.67 Å². The highest BCUT2D eigenvalue weighted by Gasteiger charge is 2.39. The molecule has 0 unspecified atom stereocenters. The van der Waals surface area contributed by atoms with Gasteiger partial charge in [0.1, 0.15) is 5.52 Å². The van der Waals surface area contributed by atoms with Crippen LogP contribution < -0.4 is 0 Å². The normalized spacial score (nSPS) is 11.9. The van der Waals surface area contributed by atoms with E-state index >= 15 is 0 Å². The molecule has 0 fully saturated rings. The summed E-state index contributed by atoms with van der Waals surface area (Å²) in [5, 5.41) is 12.0. The first-order valence-corrected chi connectivity index (χ1v) is 9.06. The fourth-order valence-corrected chi connectivity index (χ4v) is 3.65. The lowest BCUT2D eigenvalue weighted by Gasteiger charge is -2.29. The number of halogens is 1. The molecule has 27 heavy (non-hydrogen) atoms. The molecule has 3 nitrogen and oxygen atoms in total. The zero-order valence-corrected chi connectivity index (χ0v) is 15.4. The van der Waals surface area contributed by atoms with Crippen molar-refractivity contribution in [3.63, 3.8) is 0 Å². The van der Waals surface area contributed by atoms with Crippen LogP contribution in [0.3, 0.4) is 0 Å². The van der Waals surface area contributed by atoms with E-state index in [0.717, 1.165) is 0 Å². The summed E-state index contributed by atoms with van der Waals surface area (Å²) >= 11 is 0. The molecule has 1 heterocycles. The second-order valence-electron chi connectivity index (χ2n) is 6.69. The molecule has 0 atom stereocenters. The Bertz CT molecular complexity index is 1050. The van der Waals surface area contributed by atoms with E-state index in [0.29, 0.717) is 40.1 Å². The Labute approximate surface area is 157 Å². The van der Waals surface area contributed by atoms with Gasteiger partial charge in [-0.1, -0.05) is 66.7 Å². The zero-order valence-electron chi connectivity index (χ0n) is 15.4. The van der Waals surface area contributed by atoms with Crippen molar-refractivity contribution in [1.82, 2.24) is 9.55 Å². The number of aryl methyl sites for hydroxylation is 2. The molecular formula is C23H21FN2O. The first-order valence-electron chi connectivity index (χ1n) is 9.06. The van der Waals surface area contributed by atoms with Gasteiger partial charge in [0.2, 0.25) is 0 Å². The van der Waals surface area contributed by atoms with Gasteiger partial charge in [-0.15, -0.1) is 0 Å². The van der Waals surface area contributed by atoms with Gasteiger partial charge in [0.25, 0.3) is 0 Å². The van der Waals surface area contributed by atoms with Gasteiger partial charge >= 0.3 is 0 Å². The van der Waals surface area contributed by atoms with Crippen LogP contribution in [-0.2, 0) is 12.1 Å². The summed E-state index contributed by atoms with van der Waals surface area (Å²) in [6.45, 7) is 4.17. The third kappa shape index (κ3) is 2.64. The Morgan fingerprint density at radius 3 is 2.00 bits per heavy atom. The van der Waals surface area contributed by atoms with E-state index in [1.54, 1.807) is 23.6 Å². The summed E-state index contributed by atoms with van der Waals surface area (Å²) in [6.07, 6.45) is 0. The van der Waals surface area contributed by atoms with Gasteiger partial charge in [-0.25, -0.2) is 9.37 Å². The van der Waals surface area contributed by atoms with E-state index in [1.807, 2.05) is 67.6 Å². The van der Waals surface area contributed by atoms with Crippen molar-refractivity contribution in [2.75, 3.05) is 0 Å². The van der Waals surface area contributed by atoms with E-state index in [4.69, 9.17) is 0 Å². The van der Waals surface area contributed by atoms with Gasteiger partial charge in [-0.3, -0.25) is 0 Å². The van der Waals surface area contributed by atoms with E-state index in [1.165, 1.54) is 0 Å². The number of fused-ring (bicyclic) bond motifs is 1. The van der Waals surface area contributed by atoms with Crippen LogP contribution in [-0.4, -0.2) is 14.7 Å². The highest BCUT2D eigenvalue weighted by atomic mass is 19.1. The van der Waals surface area contributed by atoms with Gasteiger partial charge in [0.05, 0.1) is 5.52 Å². The Morgan fingerprint density at radius 1 is 0.926 bits per heavy atom. The molecule has 1 N–H and O–H groups in total. The molecule has 0 radical (unpaired) electrons. The van der Waals surface area contributed by atoms with Crippen LogP contribution in [0.15, 0.2) is 72.8 Å². The van der Waals surface area contributed by atoms with Crippen LogP contribution in [0.1, 0.15) is 29.4 Å². The highest BCUT2D eigenvalue weighted by Crippen LogP contribution is 2.38. The average molecular weight is 360 g/mol. The molecule has 0 saturated heterocycles. The summed E-state index contributed by atoms with van der Waals surface area (Å²) in [5.41, 5.74) is 1.43. The predicted octanol–water partition coefficient (Wildman–Crippen LogP) is 4.79. The van der Waals surface area contributed by atoms with Crippen molar-refractivity contribution in [2.45, 2.75) is 26.0 Å². The smallest absolute Gasteiger partial charge is 0.173 e. The van der Waals surface area contributed by atoms with Crippen LogP contribution in [0, 0.1) is 12.7 Å². The molecule has 3 aromatic carbocycles. The van der Waals surface area contributed by atoms with Crippen molar-refractivity contribution < 1.29 is 9.50 Å². The standard InChI is InChI=1S/C23H21FN2O/c1-3-26-21-19(15-14-16(2)20(21)24)25-22(26)23(27,17-10-6-4-7-11-17)18-12-8-5-9-13-18/h4-15,27H,3H2,1-2H3. The van der Waals surface area contributed by atoms with Crippen molar-refractivity contribution >= 4 is 11.0 Å². The monoisotopic (exact) mass is 360 g/mol. The molecule has 4 rings (SSSR count). The summed E-state index contributed by atoms with van der Waals surface area (Å²) in [7, 11) is 0. The summed E-state index contributed by atoms with van der Waals surface area (Å²) in [5.74, 6) is 0.124. The number of nitrogens with zero attached hydrogens (tertiary/aromatic N) is 2. The van der Waals surface area contributed by atoms with E-state index in [2.05, 4.69) is 4.98 Å². The maximum absolute atomic E-state index is 14.9. The first kappa shape index (κ1) is 17.4. The number of aromatic nitrogens is 2. The largest absolute Gasteiger partial charge is 0.373 e. The molecule has 0 aliphatic heterocycles. The Kier molecular flexibility index (Phi) is 4.28. The van der Waals surface area contributed by atoms with E-state index in [-0.39, 0.29) is 5.82 Å². The van der Waals surface area contributed by atoms with Crippen LogP contribution in [0.4, 0.5) is 4.39 Å². The lowest BCUT2D eigenvalue weighted by molar-refractivity contribution is 0.112. The number of benzene rings is 3. The number of imidazole rings is 1. The first-order chi connectivity index (χ1) is 13.1. The van der Waals surface area contributed by atoms with Gasteiger partial charge in [-0.05, 0) is 36.6 Å². The molecule has 4 aromatic rings. The lowest BCUT2D eigenvalue weighted by atomic mass is 9.85. The maximum Gasteiger partial charge on any atom is 0.173 e. The lowest BCUT2D eigenvalue weighted by Crippen LogP contribution is -2.32. The predicted molar refractivity (Wildman–Crippen MR) is 105 cm³/mol. The van der Waals surface area contributed by atoms with Gasteiger partial charge in [-0.2, -0.15) is 0 Å². The van der Waals surface area contributed by atoms with Crippen LogP contribution in [0.25, 0.3) is 11.0 Å². The summed E-state index contributed by atoms with van der Waals surface area (Å²) in [4.78, 5) is 4.68. The SMILES string of the molecule is CCn1c(C(O)(c2ccccc2)c2ccccc2)nc2ccc(C)c(F)c21. The van der Waals surface area contributed by atoms with Crippen molar-refractivity contribution in [1.29, 1.82) is 0 Å². The maximum atomic E-state index is 14.9. The Balaban J connectivity index is 2.10. The van der Waals surface area contributed by atoms with E-state index < -0.39 is 5.60 Å². The fraction of sp³-hybridized carbons (Fsp3) is 0.174. The number of aliphatic hydroxyl groups is 1. The van der Waals surface area contributed by atoms with Crippen LogP contribution in [0.2, 0.25) is 0 Å². The number of hydrogen-bond donors (Lipinski definition) is 1. The quantitative estimate of drug-likeness (QED) is 0.568. The number of hydrogen-bond acceptors (Lipinski definition) is 2. The molecule has 0 amide bonds. The minimum Gasteiger partial charge on any atom is -0.373 e. The molecule has 0 spiro atoms. The fourth-order valence-electron chi connectivity index (χ4n) is 3.65.